The molecule has 0 amide bonds. The summed E-state index contributed by atoms with van der Waals surface area (Å²) in [6.07, 6.45) is 0. The molecule has 0 saturated carbocycles. The van der Waals surface area contributed by atoms with Crippen molar-refractivity contribution >= 4 is 43.9 Å². The molecule has 0 radical (unpaired) electrons. The largest absolute Gasteiger partial charge is 0.382 e. The molecule has 1 aromatic carbocycles. The summed E-state index contributed by atoms with van der Waals surface area (Å²) < 4.78 is 1.05. The number of piperazine rings is 1. The van der Waals surface area contributed by atoms with Crippen LogP contribution in [0.1, 0.15) is 0 Å². The van der Waals surface area contributed by atoms with E-state index < -0.39 is 0 Å². The lowest BCUT2D eigenvalue weighted by atomic mass is 10.3. The van der Waals surface area contributed by atoms with Crippen molar-refractivity contribution < 1.29 is 0 Å². The van der Waals surface area contributed by atoms with Gasteiger partial charge in [0.2, 0.25) is 5.71 Å². The van der Waals surface area contributed by atoms with Crippen LogP contribution in [0.3, 0.4) is 0 Å². The summed E-state index contributed by atoms with van der Waals surface area (Å²) in [5.41, 5.74) is 9.56. The van der Waals surface area contributed by atoms with Crippen molar-refractivity contribution in [3.63, 3.8) is 0 Å². The second-order valence-corrected chi connectivity index (χ2v) is 6.58. The van der Waals surface area contributed by atoms with Gasteiger partial charge < -0.3 is 15.5 Å². The van der Waals surface area contributed by atoms with Gasteiger partial charge in [0, 0.05) is 26.2 Å². The number of hydrogen-bond donors (Lipinski definition) is 3. The van der Waals surface area contributed by atoms with E-state index in [1.807, 2.05) is 18.2 Å². The molecule has 1 fully saturated rings. The third-order valence-corrected chi connectivity index (χ3v) is 4.89. The average Bonchev–Trinajstić information content (AvgIpc) is 2.99. The van der Waals surface area contributed by atoms with Gasteiger partial charge in [-0.2, -0.15) is 10.4 Å². The maximum Gasteiger partial charge on any atom is 0.201 e. The van der Waals surface area contributed by atoms with Gasteiger partial charge in [-0.15, -0.1) is 0 Å². The number of nitrogens with two attached hydrogens (primary N) is 1. The first-order valence-corrected chi connectivity index (χ1v) is 8.31. The fourth-order valence-corrected chi connectivity index (χ4v) is 3.44. The van der Waals surface area contributed by atoms with Crippen molar-refractivity contribution in [3.05, 3.63) is 18.2 Å². The number of amidine groups is 1. The molecule has 1 aliphatic rings. The number of anilines is 2. The Morgan fingerprint density at radius 3 is 2.83 bits per heavy atom. The second kappa shape index (κ2) is 6.82. The van der Waals surface area contributed by atoms with Gasteiger partial charge in [-0.05, 0) is 25.2 Å². The molecule has 24 heavy (non-hydrogen) atoms. The van der Waals surface area contributed by atoms with Gasteiger partial charge in [-0.1, -0.05) is 11.3 Å². The van der Waals surface area contributed by atoms with E-state index in [2.05, 4.69) is 27.4 Å². The fraction of sp³-hybridized carbons (Fsp3) is 0.333. The van der Waals surface area contributed by atoms with Gasteiger partial charge in [0.05, 0.1) is 15.9 Å². The second-order valence-electron chi connectivity index (χ2n) is 5.57. The Bertz CT molecular complexity index is 826. The molecule has 2 aromatic rings. The first-order chi connectivity index (χ1) is 11.6. The number of nitrogens with one attached hydrogen (secondary N) is 2. The molecule has 1 aromatic heterocycles. The van der Waals surface area contributed by atoms with Crippen LogP contribution in [-0.2, 0) is 0 Å². The Morgan fingerprint density at radius 1 is 1.42 bits per heavy atom. The van der Waals surface area contributed by atoms with Crippen molar-refractivity contribution in [3.8, 4) is 6.07 Å². The molecule has 1 aliphatic heterocycles. The zero-order valence-electron chi connectivity index (χ0n) is 13.3. The third kappa shape index (κ3) is 3.45. The van der Waals surface area contributed by atoms with Crippen molar-refractivity contribution in [1.29, 1.82) is 10.7 Å². The van der Waals surface area contributed by atoms with Gasteiger partial charge >= 0.3 is 0 Å². The van der Waals surface area contributed by atoms with Gasteiger partial charge in [0.15, 0.2) is 11.0 Å². The van der Waals surface area contributed by atoms with Crippen LogP contribution in [0.25, 0.3) is 10.2 Å². The molecule has 0 bridgehead atoms. The van der Waals surface area contributed by atoms with Crippen LogP contribution in [-0.4, -0.2) is 54.7 Å². The molecule has 3 rings (SSSR count). The lowest BCUT2D eigenvalue weighted by molar-refractivity contribution is 0.313. The SMILES string of the molecule is CN1CCN(c2nc3ccc(N/N=C(\C#N)C(=N)N)cc3s2)CC1. The van der Waals surface area contributed by atoms with Crippen LogP contribution in [0.4, 0.5) is 10.8 Å². The number of thiazole rings is 1. The quantitative estimate of drug-likeness (QED) is 0.438. The lowest BCUT2D eigenvalue weighted by Gasteiger charge is -2.31. The zero-order valence-corrected chi connectivity index (χ0v) is 14.1. The van der Waals surface area contributed by atoms with Gasteiger partial charge in [0.1, 0.15) is 6.07 Å². The highest BCUT2D eigenvalue weighted by molar-refractivity contribution is 7.22. The molecule has 2 heterocycles. The normalized spacial score (nSPS) is 16.2. The van der Waals surface area contributed by atoms with Crippen LogP contribution in [0, 0.1) is 16.7 Å². The molecule has 8 nitrogen and oxygen atoms in total. The minimum atomic E-state index is -0.360. The van der Waals surface area contributed by atoms with Gasteiger partial charge in [-0.25, -0.2) is 4.98 Å². The summed E-state index contributed by atoms with van der Waals surface area (Å²) in [5, 5.41) is 21.0. The molecule has 0 aliphatic carbocycles. The first kappa shape index (κ1) is 16.2. The molecule has 0 spiro atoms. The van der Waals surface area contributed by atoms with Gasteiger partial charge in [-0.3, -0.25) is 10.8 Å². The van der Waals surface area contributed by atoms with Crippen LogP contribution in [0.2, 0.25) is 0 Å². The number of nitrogens with zero attached hydrogens (tertiary/aromatic N) is 5. The monoisotopic (exact) mass is 342 g/mol. The third-order valence-electron chi connectivity index (χ3n) is 3.81. The number of likely N-dealkylation sites (N-methyl/N-ethyl adjacent to an activating group) is 1. The maximum absolute atomic E-state index is 8.85. The lowest BCUT2D eigenvalue weighted by Crippen LogP contribution is -2.44. The van der Waals surface area contributed by atoms with Crippen LogP contribution < -0.4 is 16.1 Å². The average molecular weight is 342 g/mol. The van der Waals surface area contributed by atoms with Crippen molar-refractivity contribution in [2.45, 2.75) is 0 Å². The van der Waals surface area contributed by atoms with E-state index in [0.29, 0.717) is 0 Å². The summed E-state index contributed by atoms with van der Waals surface area (Å²) in [4.78, 5) is 9.31. The summed E-state index contributed by atoms with van der Waals surface area (Å²) >= 11 is 1.64. The number of hydrogen-bond acceptors (Lipinski definition) is 8. The number of rotatable bonds is 4. The predicted molar refractivity (Wildman–Crippen MR) is 97.9 cm³/mol. The van der Waals surface area contributed by atoms with Crippen LogP contribution in [0.15, 0.2) is 23.3 Å². The Morgan fingerprint density at radius 2 is 2.17 bits per heavy atom. The van der Waals surface area contributed by atoms with E-state index in [4.69, 9.17) is 21.4 Å². The molecular formula is C15H18N8S. The highest BCUT2D eigenvalue weighted by Gasteiger charge is 2.17. The van der Waals surface area contributed by atoms with Crippen LogP contribution >= 0.6 is 11.3 Å². The Kier molecular flexibility index (Phi) is 4.59. The number of fused-ring (bicyclic) bond motifs is 1. The fourth-order valence-electron chi connectivity index (χ4n) is 2.38. The Balaban J connectivity index is 1.79. The molecule has 0 atom stereocenters. The first-order valence-electron chi connectivity index (χ1n) is 7.49. The van der Waals surface area contributed by atoms with E-state index in [9.17, 15) is 0 Å². The highest BCUT2D eigenvalue weighted by atomic mass is 32.1. The Hall–Kier alpha value is -2.70. The molecule has 0 unspecified atom stereocenters. The maximum atomic E-state index is 8.85. The number of hydrazone groups is 1. The number of aromatic nitrogens is 1. The summed E-state index contributed by atoms with van der Waals surface area (Å²) in [7, 11) is 2.13. The van der Waals surface area contributed by atoms with Crippen molar-refractivity contribution in [2.75, 3.05) is 43.6 Å². The predicted octanol–water partition coefficient (Wildman–Crippen LogP) is 1.28. The zero-order chi connectivity index (χ0) is 17.1. The molecule has 9 heteroatoms. The van der Waals surface area contributed by atoms with E-state index in [1.165, 1.54) is 0 Å². The van der Waals surface area contributed by atoms with Crippen molar-refractivity contribution in [1.82, 2.24) is 9.88 Å². The number of benzene rings is 1. The minimum absolute atomic E-state index is 0.141. The highest BCUT2D eigenvalue weighted by Crippen LogP contribution is 2.31. The van der Waals surface area contributed by atoms with E-state index >= 15 is 0 Å². The van der Waals surface area contributed by atoms with E-state index in [0.717, 1.165) is 47.2 Å². The van der Waals surface area contributed by atoms with Gasteiger partial charge in [0.25, 0.3) is 0 Å². The smallest absolute Gasteiger partial charge is 0.201 e. The molecule has 4 N–H and O–H groups in total. The van der Waals surface area contributed by atoms with E-state index in [1.54, 1.807) is 17.4 Å². The molecular weight excluding hydrogens is 324 g/mol. The standard InChI is InChI=1S/C15H18N8S/c1-22-4-6-23(7-5-22)15-19-11-3-2-10(8-13(11)24-15)20-21-12(9-16)14(17)18/h2-3,8,20H,4-7H2,1H3,(H3,17,18)/b21-12+. The van der Waals surface area contributed by atoms with Crippen LogP contribution in [0.5, 0.6) is 0 Å². The summed E-state index contributed by atoms with van der Waals surface area (Å²) in [6, 6.07) is 7.47. The van der Waals surface area contributed by atoms with Crippen molar-refractivity contribution in [2.24, 2.45) is 10.8 Å². The topological polar surface area (TPSA) is 117 Å². The van der Waals surface area contributed by atoms with E-state index in [-0.39, 0.29) is 11.5 Å². The molecule has 124 valence electrons. The molecule has 1 saturated heterocycles. The Labute approximate surface area is 143 Å². The minimum Gasteiger partial charge on any atom is -0.382 e. The summed E-state index contributed by atoms with van der Waals surface area (Å²) in [6.45, 7) is 4.05. The summed E-state index contributed by atoms with van der Waals surface area (Å²) in [5.74, 6) is -0.360. The number of nitriles is 1.